The fourth-order valence-electron chi connectivity index (χ4n) is 4.94. The zero-order valence-corrected chi connectivity index (χ0v) is 17.1. The third-order valence-corrected chi connectivity index (χ3v) is 6.27. The number of nitrogens with zero attached hydrogens (tertiary/aromatic N) is 2. The normalized spacial score (nSPS) is 30.3. The van der Waals surface area contributed by atoms with E-state index in [0.717, 1.165) is 30.8 Å². The maximum Gasteiger partial charge on any atom is 0.410 e. The monoisotopic (exact) mass is 394 g/mol. The van der Waals surface area contributed by atoms with Crippen LogP contribution < -0.4 is 4.90 Å². The Morgan fingerprint density at radius 1 is 1.30 bits per heavy atom. The summed E-state index contributed by atoms with van der Waals surface area (Å²) in [6.07, 6.45) is 2.59. The summed E-state index contributed by atoms with van der Waals surface area (Å²) in [6.45, 7) is 7.15. The van der Waals surface area contributed by atoms with Crippen molar-refractivity contribution in [1.29, 1.82) is 0 Å². The van der Waals surface area contributed by atoms with Gasteiger partial charge in [0.2, 0.25) is 0 Å². The van der Waals surface area contributed by atoms with Crippen molar-refractivity contribution in [3.63, 3.8) is 0 Å². The van der Waals surface area contributed by atoms with Crippen molar-refractivity contribution < 1.29 is 13.9 Å². The summed E-state index contributed by atoms with van der Waals surface area (Å²) >= 11 is 6.17. The summed E-state index contributed by atoms with van der Waals surface area (Å²) in [5.74, 6) is 0. The average molecular weight is 395 g/mol. The molecule has 2 aliphatic heterocycles. The van der Waals surface area contributed by atoms with Gasteiger partial charge in [0.1, 0.15) is 11.8 Å². The lowest BCUT2D eigenvalue weighted by molar-refractivity contribution is -0.0349. The molecular formula is C21H28ClFN2O2. The van der Waals surface area contributed by atoms with Crippen LogP contribution in [0.2, 0.25) is 5.02 Å². The maximum atomic E-state index is 13.8. The molecule has 148 valence electrons. The Kier molecular flexibility index (Phi) is 4.57. The van der Waals surface area contributed by atoms with E-state index in [1.807, 2.05) is 37.8 Å². The molecule has 1 aliphatic carbocycles. The van der Waals surface area contributed by atoms with Crippen molar-refractivity contribution in [1.82, 2.24) is 4.90 Å². The molecular weight excluding hydrogens is 367 g/mol. The lowest BCUT2D eigenvalue weighted by Gasteiger charge is -2.47. The van der Waals surface area contributed by atoms with Crippen molar-refractivity contribution in [2.45, 2.75) is 76.2 Å². The minimum absolute atomic E-state index is 0.185. The Hall–Kier alpha value is -1.49. The van der Waals surface area contributed by atoms with Crippen LogP contribution in [0.25, 0.3) is 0 Å². The number of rotatable bonds is 1. The van der Waals surface area contributed by atoms with Gasteiger partial charge in [-0.15, -0.1) is 0 Å². The molecule has 1 saturated heterocycles. The third kappa shape index (κ3) is 3.51. The number of alkyl halides is 1. The van der Waals surface area contributed by atoms with Gasteiger partial charge in [-0.2, -0.15) is 0 Å². The fourth-order valence-corrected chi connectivity index (χ4v) is 5.13. The van der Waals surface area contributed by atoms with Gasteiger partial charge in [0.15, 0.2) is 0 Å². The van der Waals surface area contributed by atoms with Crippen molar-refractivity contribution in [2.24, 2.45) is 0 Å². The van der Waals surface area contributed by atoms with E-state index in [1.54, 1.807) is 0 Å². The Morgan fingerprint density at radius 3 is 2.70 bits per heavy atom. The van der Waals surface area contributed by atoms with E-state index in [0.29, 0.717) is 19.4 Å². The first-order valence-corrected chi connectivity index (χ1v) is 10.2. The molecule has 1 amide bonds. The van der Waals surface area contributed by atoms with Crippen LogP contribution in [-0.4, -0.2) is 47.4 Å². The standard InChI is InChI=1S/C21H28ClFN2O2/c1-20(2,3)27-19(26)25-13-17(12-21(25)10-16(23)11-21)24-8-4-5-14-9-15(22)6-7-18(14)24/h6-7,9,16-17H,4-5,8,10-13H2,1-3H3. The van der Waals surface area contributed by atoms with Gasteiger partial charge in [0.05, 0.1) is 5.54 Å². The van der Waals surface area contributed by atoms with Crippen LogP contribution in [0.3, 0.4) is 0 Å². The maximum absolute atomic E-state index is 13.8. The first kappa shape index (κ1) is 18.9. The number of likely N-dealkylation sites (tertiary alicyclic amines) is 1. The number of hydrogen-bond acceptors (Lipinski definition) is 3. The van der Waals surface area contributed by atoms with Gasteiger partial charge < -0.3 is 14.5 Å². The van der Waals surface area contributed by atoms with Crippen LogP contribution in [0, 0.1) is 0 Å². The highest BCUT2D eigenvalue weighted by Gasteiger charge is 2.58. The number of hydrogen-bond donors (Lipinski definition) is 0. The van der Waals surface area contributed by atoms with E-state index in [-0.39, 0.29) is 12.1 Å². The summed E-state index contributed by atoms with van der Waals surface area (Å²) in [7, 11) is 0. The number of anilines is 1. The highest BCUT2D eigenvalue weighted by atomic mass is 35.5. The van der Waals surface area contributed by atoms with Gasteiger partial charge >= 0.3 is 6.09 Å². The van der Waals surface area contributed by atoms with Crippen molar-refractivity contribution >= 4 is 23.4 Å². The van der Waals surface area contributed by atoms with Gasteiger partial charge in [-0.1, -0.05) is 11.6 Å². The molecule has 6 heteroatoms. The topological polar surface area (TPSA) is 32.8 Å². The van der Waals surface area contributed by atoms with Crippen molar-refractivity contribution in [2.75, 3.05) is 18.0 Å². The van der Waals surface area contributed by atoms with Gasteiger partial charge in [-0.05, 0) is 63.8 Å². The molecule has 2 heterocycles. The molecule has 1 saturated carbocycles. The molecule has 1 unspecified atom stereocenters. The lowest BCUT2D eigenvalue weighted by Crippen LogP contribution is -2.57. The summed E-state index contributed by atoms with van der Waals surface area (Å²) in [6, 6.07) is 6.24. The first-order valence-electron chi connectivity index (χ1n) is 9.87. The SMILES string of the molecule is CC(C)(C)OC(=O)N1CC(N2CCCc3cc(Cl)ccc32)CC12CC(F)C2. The highest BCUT2D eigenvalue weighted by molar-refractivity contribution is 6.30. The molecule has 4 nitrogen and oxygen atoms in total. The molecule has 27 heavy (non-hydrogen) atoms. The van der Waals surface area contributed by atoms with Gasteiger partial charge in [0.25, 0.3) is 0 Å². The second-order valence-corrected chi connectivity index (χ2v) is 9.69. The first-order chi connectivity index (χ1) is 12.7. The molecule has 1 spiro atoms. The minimum atomic E-state index is -0.818. The Morgan fingerprint density at radius 2 is 2.04 bits per heavy atom. The Bertz CT molecular complexity index is 742. The van der Waals surface area contributed by atoms with E-state index in [9.17, 15) is 9.18 Å². The minimum Gasteiger partial charge on any atom is -0.444 e. The predicted molar refractivity (Wildman–Crippen MR) is 105 cm³/mol. The van der Waals surface area contributed by atoms with Gasteiger partial charge in [-0.25, -0.2) is 9.18 Å². The molecule has 1 atom stereocenters. The average Bonchev–Trinajstić information content (AvgIpc) is 2.92. The second-order valence-electron chi connectivity index (χ2n) is 9.25. The van der Waals surface area contributed by atoms with Crippen LogP contribution in [0.5, 0.6) is 0 Å². The predicted octanol–water partition coefficient (Wildman–Crippen LogP) is 4.97. The zero-order chi connectivity index (χ0) is 19.4. The number of benzene rings is 1. The molecule has 0 radical (unpaired) electrons. The summed E-state index contributed by atoms with van der Waals surface area (Å²) in [5, 5.41) is 0.758. The smallest absolute Gasteiger partial charge is 0.410 e. The number of fused-ring (bicyclic) bond motifs is 1. The lowest BCUT2D eigenvalue weighted by atomic mass is 9.72. The zero-order valence-electron chi connectivity index (χ0n) is 16.3. The molecule has 0 N–H and O–H groups in total. The molecule has 1 aromatic rings. The molecule has 0 aromatic heterocycles. The Labute approximate surface area is 165 Å². The molecule has 2 fully saturated rings. The van der Waals surface area contributed by atoms with Crippen LogP contribution >= 0.6 is 11.6 Å². The van der Waals surface area contributed by atoms with Gasteiger partial charge in [0, 0.05) is 42.7 Å². The number of amides is 1. The van der Waals surface area contributed by atoms with E-state index in [4.69, 9.17) is 16.3 Å². The number of carbonyl (C=O) groups is 1. The summed E-state index contributed by atoms with van der Waals surface area (Å²) in [5.41, 5.74) is 1.52. The van der Waals surface area contributed by atoms with Crippen LogP contribution in [0.15, 0.2) is 18.2 Å². The Balaban J connectivity index is 1.59. The number of aryl methyl sites for hydroxylation is 1. The fraction of sp³-hybridized carbons (Fsp3) is 0.667. The van der Waals surface area contributed by atoms with E-state index in [2.05, 4.69) is 11.0 Å². The quantitative estimate of drug-likeness (QED) is 0.674. The van der Waals surface area contributed by atoms with Crippen LogP contribution in [0.1, 0.15) is 52.0 Å². The van der Waals surface area contributed by atoms with Gasteiger partial charge in [-0.3, -0.25) is 0 Å². The second kappa shape index (κ2) is 6.54. The van der Waals surface area contributed by atoms with Crippen molar-refractivity contribution in [3.8, 4) is 0 Å². The summed E-state index contributed by atoms with van der Waals surface area (Å²) in [4.78, 5) is 17.0. The molecule has 1 aromatic carbocycles. The number of carbonyl (C=O) groups excluding carboxylic acids is 1. The largest absolute Gasteiger partial charge is 0.444 e. The highest BCUT2D eigenvalue weighted by Crippen LogP contribution is 2.49. The third-order valence-electron chi connectivity index (χ3n) is 6.04. The van der Waals surface area contributed by atoms with Crippen LogP contribution in [-0.2, 0) is 11.2 Å². The van der Waals surface area contributed by atoms with E-state index in [1.165, 1.54) is 11.3 Å². The number of ether oxygens (including phenoxy) is 1. The van der Waals surface area contributed by atoms with E-state index >= 15 is 0 Å². The molecule has 4 rings (SSSR count). The summed E-state index contributed by atoms with van der Waals surface area (Å²) < 4.78 is 19.5. The molecule has 0 bridgehead atoms. The molecule has 3 aliphatic rings. The van der Waals surface area contributed by atoms with Crippen LogP contribution in [0.4, 0.5) is 14.9 Å². The van der Waals surface area contributed by atoms with E-state index < -0.39 is 17.3 Å². The van der Waals surface area contributed by atoms with Crippen molar-refractivity contribution in [3.05, 3.63) is 28.8 Å². The number of halogens is 2.